The number of aromatic hydroxyl groups is 1. The van der Waals surface area contributed by atoms with E-state index in [2.05, 4.69) is 4.98 Å². The molecule has 0 saturated heterocycles. The number of phenols is 1. The first-order chi connectivity index (χ1) is 9.65. The van der Waals surface area contributed by atoms with Crippen molar-refractivity contribution in [1.82, 2.24) is 4.98 Å². The van der Waals surface area contributed by atoms with E-state index >= 15 is 0 Å². The molecule has 1 heterocycles. The fourth-order valence-corrected chi connectivity index (χ4v) is 3.23. The van der Waals surface area contributed by atoms with E-state index in [-0.39, 0.29) is 5.75 Å². The van der Waals surface area contributed by atoms with Gasteiger partial charge < -0.3 is 5.11 Å². The van der Waals surface area contributed by atoms with Gasteiger partial charge in [0.1, 0.15) is 10.8 Å². The molecule has 0 unspecified atom stereocenters. The molecule has 0 fully saturated rings. The van der Waals surface area contributed by atoms with Gasteiger partial charge in [-0.25, -0.2) is 4.98 Å². The zero-order chi connectivity index (χ0) is 14.1. The molecule has 0 aliphatic rings. The van der Waals surface area contributed by atoms with E-state index < -0.39 is 0 Å². The van der Waals surface area contributed by atoms with E-state index in [0.717, 1.165) is 16.3 Å². The van der Waals surface area contributed by atoms with Crippen molar-refractivity contribution in [3.63, 3.8) is 0 Å². The second kappa shape index (κ2) is 5.44. The maximum Gasteiger partial charge on any atom is 0.127 e. The number of hydrogen-bond donors (Lipinski definition) is 1. The molecule has 0 spiro atoms. The molecule has 0 aliphatic carbocycles. The van der Waals surface area contributed by atoms with Gasteiger partial charge in [0, 0.05) is 16.0 Å². The molecule has 5 heteroatoms. The van der Waals surface area contributed by atoms with Gasteiger partial charge in [-0.05, 0) is 30.3 Å². The number of benzene rings is 2. The monoisotopic (exact) mass is 321 g/mol. The van der Waals surface area contributed by atoms with Gasteiger partial charge in [0.05, 0.1) is 16.3 Å². The zero-order valence-corrected chi connectivity index (χ0v) is 12.5. The summed E-state index contributed by atoms with van der Waals surface area (Å²) < 4.78 is 0. The van der Waals surface area contributed by atoms with Crippen LogP contribution in [0.1, 0.15) is 0 Å². The van der Waals surface area contributed by atoms with Crippen LogP contribution in [0.3, 0.4) is 0 Å². The van der Waals surface area contributed by atoms with Crippen LogP contribution in [0.5, 0.6) is 5.75 Å². The predicted octanol–water partition coefficient (Wildman–Crippen LogP) is 5.49. The average Bonchev–Trinajstić information content (AvgIpc) is 2.88. The fraction of sp³-hybridized carbons (Fsp3) is 0. The van der Waals surface area contributed by atoms with Crippen molar-refractivity contribution in [3.05, 3.63) is 57.9 Å². The fourth-order valence-electron chi connectivity index (χ4n) is 1.87. The smallest absolute Gasteiger partial charge is 0.127 e. The highest BCUT2D eigenvalue weighted by Crippen LogP contribution is 2.36. The Morgan fingerprint density at radius 1 is 1.00 bits per heavy atom. The molecule has 2 nitrogen and oxygen atoms in total. The van der Waals surface area contributed by atoms with Gasteiger partial charge in [0.15, 0.2) is 0 Å². The lowest BCUT2D eigenvalue weighted by atomic mass is 10.1. The van der Waals surface area contributed by atoms with Crippen molar-refractivity contribution in [1.29, 1.82) is 0 Å². The van der Waals surface area contributed by atoms with Gasteiger partial charge in [0.2, 0.25) is 0 Å². The topological polar surface area (TPSA) is 33.1 Å². The van der Waals surface area contributed by atoms with Crippen LogP contribution < -0.4 is 0 Å². The first-order valence-electron chi connectivity index (χ1n) is 5.84. The molecular formula is C15H9Cl2NOS. The third-order valence-corrected chi connectivity index (χ3v) is 4.27. The van der Waals surface area contributed by atoms with E-state index in [0.29, 0.717) is 15.6 Å². The van der Waals surface area contributed by atoms with E-state index in [4.69, 9.17) is 23.2 Å². The molecule has 0 atom stereocenters. The summed E-state index contributed by atoms with van der Waals surface area (Å²) >= 11 is 13.5. The third kappa shape index (κ3) is 2.52. The number of aromatic nitrogens is 1. The number of thiazole rings is 1. The lowest BCUT2D eigenvalue weighted by Crippen LogP contribution is -1.81. The normalized spacial score (nSPS) is 10.7. The molecule has 20 heavy (non-hydrogen) atoms. The average molecular weight is 322 g/mol. The highest BCUT2D eigenvalue weighted by Gasteiger charge is 2.12. The Balaban J connectivity index is 2.04. The Kier molecular flexibility index (Phi) is 3.66. The highest BCUT2D eigenvalue weighted by atomic mass is 35.5. The first-order valence-corrected chi connectivity index (χ1v) is 7.48. The molecule has 1 N–H and O–H groups in total. The van der Waals surface area contributed by atoms with Crippen molar-refractivity contribution in [2.24, 2.45) is 0 Å². The minimum atomic E-state index is 0.218. The molecule has 0 amide bonds. The van der Waals surface area contributed by atoms with E-state index in [9.17, 15) is 5.11 Å². The van der Waals surface area contributed by atoms with Crippen LogP contribution >= 0.6 is 34.5 Å². The summed E-state index contributed by atoms with van der Waals surface area (Å²) in [5.41, 5.74) is 2.32. The van der Waals surface area contributed by atoms with Crippen LogP contribution in [-0.2, 0) is 0 Å². The van der Waals surface area contributed by atoms with E-state index in [1.807, 2.05) is 23.6 Å². The summed E-state index contributed by atoms with van der Waals surface area (Å²) in [5.74, 6) is 0.218. The van der Waals surface area contributed by atoms with Crippen molar-refractivity contribution < 1.29 is 5.11 Å². The number of phenolic OH excluding ortho intramolecular Hbond substituents is 1. The largest absolute Gasteiger partial charge is 0.507 e. The Hall–Kier alpha value is -1.55. The molecule has 2 aromatic carbocycles. The first kappa shape index (κ1) is 13.4. The second-order valence-electron chi connectivity index (χ2n) is 4.18. The number of rotatable bonds is 2. The molecule has 0 bridgehead atoms. The van der Waals surface area contributed by atoms with E-state index in [1.54, 1.807) is 24.3 Å². The molecule has 0 saturated carbocycles. The SMILES string of the molecule is Oc1ccccc1-c1nc(-c2ccc(Cl)cc2Cl)cs1. The van der Waals surface area contributed by atoms with Gasteiger partial charge >= 0.3 is 0 Å². The number of para-hydroxylation sites is 1. The summed E-state index contributed by atoms with van der Waals surface area (Å²) in [7, 11) is 0. The van der Waals surface area contributed by atoms with Crippen LogP contribution in [0.15, 0.2) is 47.8 Å². The van der Waals surface area contributed by atoms with Crippen LogP contribution in [-0.4, -0.2) is 10.1 Å². The van der Waals surface area contributed by atoms with Crippen molar-refractivity contribution in [3.8, 4) is 27.6 Å². The molecular weight excluding hydrogens is 313 g/mol. The number of nitrogens with zero attached hydrogens (tertiary/aromatic N) is 1. The van der Waals surface area contributed by atoms with Gasteiger partial charge in [-0.3, -0.25) is 0 Å². The summed E-state index contributed by atoms with van der Waals surface area (Å²) in [5, 5.41) is 13.7. The number of hydrogen-bond acceptors (Lipinski definition) is 3. The lowest BCUT2D eigenvalue weighted by molar-refractivity contribution is 0.477. The Labute approximate surface area is 130 Å². The Morgan fingerprint density at radius 2 is 1.80 bits per heavy atom. The molecule has 100 valence electrons. The van der Waals surface area contributed by atoms with Crippen molar-refractivity contribution >= 4 is 34.5 Å². The molecule has 0 radical (unpaired) electrons. The van der Waals surface area contributed by atoms with Gasteiger partial charge in [-0.15, -0.1) is 11.3 Å². The predicted molar refractivity (Wildman–Crippen MR) is 84.7 cm³/mol. The third-order valence-electron chi connectivity index (χ3n) is 2.85. The Morgan fingerprint density at radius 3 is 2.55 bits per heavy atom. The van der Waals surface area contributed by atoms with Crippen LogP contribution in [0.2, 0.25) is 10.0 Å². The zero-order valence-electron chi connectivity index (χ0n) is 10.2. The van der Waals surface area contributed by atoms with Gasteiger partial charge in [0.25, 0.3) is 0 Å². The van der Waals surface area contributed by atoms with Crippen molar-refractivity contribution in [2.45, 2.75) is 0 Å². The lowest BCUT2D eigenvalue weighted by Gasteiger charge is -2.01. The second-order valence-corrected chi connectivity index (χ2v) is 5.88. The molecule has 3 rings (SSSR count). The van der Waals surface area contributed by atoms with Crippen LogP contribution in [0.25, 0.3) is 21.8 Å². The maximum absolute atomic E-state index is 9.86. The quantitative estimate of drug-likeness (QED) is 0.677. The summed E-state index contributed by atoms with van der Waals surface area (Å²) in [6, 6.07) is 12.4. The van der Waals surface area contributed by atoms with Crippen molar-refractivity contribution in [2.75, 3.05) is 0 Å². The molecule has 3 aromatic rings. The van der Waals surface area contributed by atoms with E-state index in [1.165, 1.54) is 11.3 Å². The standard InChI is InChI=1S/C15H9Cl2NOS/c16-9-5-6-10(12(17)7-9)13-8-20-15(18-13)11-3-1-2-4-14(11)19/h1-8,19H. The van der Waals surface area contributed by atoms with Gasteiger partial charge in [-0.1, -0.05) is 35.3 Å². The summed E-state index contributed by atoms with van der Waals surface area (Å²) in [4.78, 5) is 4.53. The summed E-state index contributed by atoms with van der Waals surface area (Å²) in [6.45, 7) is 0. The molecule has 0 aliphatic heterocycles. The van der Waals surface area contributed by atoms with Gasteiger partial charge in [-0.2, -0.15) is 0 Å². The van der Waals surface area contributed by atoms with Crippen LogP contribution in [0.4, 0.5) is 0 Å². The number of halogens is 2. The molecule has 1 aromatic heterocycles. The minimum absolute atomic E-state index is 0.218. The Bertz CT molecular complexity index is 770. The minimum Gasteiger partial charge on any atom is -0.507 e. The highest BCUT2D eigenvalue weighted by molar-refractivity contribution is 7.13. The van der Waals surface area contributed by atoms with Crippen LogP contribution in [0, 0.1) is 0 Å². The summed E-state index contributed by atoms with van der Waals surface area (Å²) in [6.07, 6.45) is 0. The maximum atomic E-state index is 9.86.